The monoisotopic (exact) mass is 524 g/mol. The first kappa shape index (κ1) is 22.3. The van der Waals surface area contributed by atoms with E-state index in [1.807, 2.05) is 22.7 Å². The van der Waals surface area contributed by atoms with E-state index in [2.05, 4.69) is 51.1 Å². The fourth-order valence-corrected chi connectivity index (χ4v) is 3.63. The Morgan fingerprint density at radius 1 is 1.37 bits per heavy atom. The van der Waals surface area contributed by atoms with Gasteiger partial charge in [0.1, 0.15) is 12.1 Å². The van der Waals surface area contributed by atoms with E-state index in [4.69, 9.17) is 9.41 Å². The van der Waals surface area contributed by atoms with E-state index >= 15 is 0 Å². The van der Waals surface area contributed by atoms with Crippen LogP contribution in [0.25, 0.3) is 5.65 Å². The summed E-state index contributed by atoms with van der Waals surface area (Å²) in [5.74, 6) is 2.79. The highest BCUT2D eigenvalue weighted by Crippen LogP contribution is 2.22. The minimum atomic E-state index is 0. The summed E-state index contributed by atoms with van der Waals surface area (Å²) in [7, 11) is 0. The second-order valence-corrected chi connectivity index (χ2v) is 7.63. The molecule has 1 aliphatic heterocycles. The molecule has 0 aromatic carbocycles. The fraction of sp³-hybridized carbons (Fsp3) is 0.500. The number of furan rings is 1. The van der Waals surface area contributed by atoms with Crippen LogP contribution < -0.4 is 10.2 Å². The minimum absolute atomic E-state index is 0. The molecule has 1 N–H and O–H groups in total. The SMILES string of the molecule is CC(C)NC(=NCCc1ccco1)N1CCN(c2nccn3cnnc23)C(C)C1.I. The van der Waals surface area contributed by atoms with E-state index in [9.17, 15) is 0 Å². The number of fused-ring (bicyclic) bond motifs is 1. The lowest BCUT2D eigenvalue weighted by molar-refractivity contribution is 0.324. The molecular formula is C20H29IN8O. The van der Waals surface area contributed by atoms with Gasteiger partial charge < -0.3 is 19.5 Å². The molecule has 0 saturated carbocycles. The number of guanidine groups is 1. The van der Waals surface area contributed by atoms with Gasteiger partial charge in [0.15, 0.2) is 11.8 Å². The van der Waals surface area contributed by atoms with Crippen molar-refractivity contribution in [2.24, 2.45) is 4.99 Å². The highest BCUT2D eigenvalue weighted by atomic mass is 127. The first-order valence-corrected chi connectivity index (χ1v) is 10.1. The molecule has 4 rings (SSSR count). The number of hydrogen-bond acceptors (Lipinski definition) is 6. The average Bonchev–Trinajstić information content (AvgIpc) is 3.38. The Bertz CT molecular complexity index is 955. The van der Waals surface area contributed by atoms with Crippen molar-refractivity contribution in [1.29, 1.82) is 0 Å². The van der Waals surface area contributed by atoms with Crippen molar-refractivity contribution >= 4 is 41.4 Å². The molecule has 1 atom stereocenters. The van der Waals surface area contributed by atoms with Crippen LogP contribution in [0, 0.1) is 0 Å². The summed E-state index contributed by atoms with van der Waals surface area (Å²) >= 11 is 0. The largest absolute Gasteiger partial charge is 0.469 e. The first-order valence-electron chi connectivity index (χ1n) is 10.1. The van der Waals surface area contributed by atoms with E-state index in [0.29, 0.717) is 12.6 Å². The van der Waals surface area contributed by atoms with E-state index < -0.39 is 0 Å². The molecule has 4 heterocycles. The Balaban J connectivity index is 0.00000256. The number of aromatic nitrogens is 4. The molecule has 0 aliphatic carbocycles. The summed E-state index contributed by atoms with van der Waals surface area (Å²) in [6.07, 6.45) is 7.88. The van der Waals surface area contributed by atoms with Gasteiger partial charge in [-0.25, -0.2) is 4.98 Å². The van der Waals surface area contributed by atoms with Crippen molar-refractivity contribution in [1.82, 2.24) is 29.8 Å². The van der Waals surface area contributed by atoms with E-state index in [1.165, 1.54) is 0 Å². The van der Waals surface area contributed by atoms with Crippen LogP contribution in [0.15, 0.2) is 46.5 Å². The quantitative estimate of drug-likeness (QED) is 0.312. The van der Waals surface area contributed by atoms with Gasteiger partial charge >= 0.3 is 0 Å². The van der Waals surface area contributed by atoms with Gasteiger partial charge in [0.05, 0.1) is 6.26 Å². The Hall–Kier alpha value is -2.37. The number of anilines is 1. The number of piperazine rings is 1. The maximum absolute atomic E-state index is 5.42. The molecule has 0 bridgehead atoms. The van der Waals surface area contributed by atoms with Crippen LogP contribution in [0.3, 0.4) is 0 Å². The molecule has 0 spiro atoms. The number of hydrogen-bond donors (Lipinski definition) is 1. The highest BCUT2D eigenvalue weighted by Gasteiger charge is 2.28. The lowest BCUT2D eigenvalue weighted by Gasteiger charge is -2.42. The molecule has 1 unspecified atom stereocenters. The summed E-state index contributed by atoms with van der Waals surface area (Å²) in [5.41, 5.74) is 0.792. The summed E-state index contributed by atoms with van der Waals surface area (Å²) in [6, 6.07) is 4.49. The van der Waals surface area contributed by atoms with Crippen molar-refractivity contribution < 1.29 is 4.42 Å². The first-order chi connectivity index (χ1) is 14.1. The molecule has 9 nitrogen and oxygen atoms in total. The molecule has 1 saturated heterocycles. The predicted molar refractivity (Wildman–Crippen MR) is 128 cm³/mol. The smallest absolute Gasteiger partial charge is 0.203 e. The Kier molecular flexibility index (Phi) is 7.51. The zero-order valence-electron chi connectivity index (χ0n) is 17.6. The van der Waals surface area contributed by atoms with Crippen LogP contribution in [-0.4, -0.2) is 68.7 Å². The summed E-state index contributed by atoms with van der Waals surface area (Å²) in [4.78, 5) is 14.1. The molecule has 3 aromatic rings. The van der Waals surface area contributed by atoms with E-state index in [0.717, 1.165) is 49.2 Å². The molecule has 3 aromatic heterocycles. The lowest BCUT2D eigenvalue weighted by Crippen LogP contribution is -2.57. The fourth-order valence-electron chi connectivity index (χ4n) is 3.63. The molecule has 162 valence electrons. The van der Waals surface area contributed by atoms with Crippen molar-refractivity contribution in [3.05, 3.63) is 42.9 Å². The highest BCUT2D eigenvalue weighted by molar-refractivity contribution is 14.0. The van der Waals surface area contributed by atoms with Crippen molar-refractivity contribution in [2.45, 2.75) is 39.3 Å². The number of halogens is 1. The van der Waals surface area contributed by atoms with Gasteiger partial charge in [-0.15, -0.1) is 34.2 Å². The van der Waals surface area contributed by atoms with Crippen molar-refractivity contribution in [3.63, 3.8) is 0 Å². The van der Waals surface area contributed by atoms with Crippen LogP contribution in [0.5, 0.6) is 0 Å². The lowest BCUT2D eigenvalue weighted by atomic mass is 10.2. The Morgan fingerprint density at radius 2 is 2.23 bits per heavy atom. The average molecular weight is 524 g/mol. The van der Waals surface area contributed by atoms with Crippen molar-refractivity contribution in [2.75, 3.05) is 31.1 Å². The van der Waals surface area contributed by atoms with Crippen LogP contribution in [-0.2, 0) is 6.42 Å². The van der Waals surface area contributed by atoms with Crippen molar-refractivity contribution in [3.8, 4) is 0 Å². The van der Waals surface area contributed by atoms with Gasteiger partial charge in [-0.2, -0.15) is 0 Å². The predicted octanol–water partition coefficient (Wildman–Crippen LogP) is 2.44. The molecular weight excluding hydrogens is 495 g/mol. The third-order valence-electron chi connectivity index (χ3n) is 5.01. The van der Waals surface area contributed by atoms with E-state index in [1.54, 1.807) is 18.8 Å². The molecule has 1 fully saturated rings. The van der Waals surface area contributed by atoms with Gasteiger partial charge in [-0.3, -0.25) is 9.39 Å². The summed E-state index contributed by atoms with van der Waals surface area (Å²) in [5, 5.41) is 11.8. The molecule has 10 heteroatoms. The summed E-state index contributed by atoms with van der Waals surface area (Å²) in [6.45, 7) is 9.74. The normalized spacial score (nSPS) is 17.5. The van der Waals surface area contributed by atoms with Crippen LogP contribution in [0.4, 0.5) is 5.82 Å². The van der Waals surface area contributed by atoms with Gasteiger partial charge in [0.2, 0.25) is 5.65 Å². The second-order valence-electron chi connectivity index (χ2n) is 7.63. The van der Waals surface area contributed by atoms with Gasteiger partial charge in [0, 0.05) is 57.1 Å². The summed E-state index contributed by atoms with van der Waals surface area (Å²) < 4.78 is 7.33. The van der Waals surface area contributed by atoms with Gasteiger partial charge in [0.25, 0.3) is 0 Å². The topological polar surface area (TPSA) is 87.1 Å². The standard InChI is InChI=1S/C20H28N8O.HI/c1-15(2)24-20(22-7-6-17-5-4-12-29-17)26-10-11-28(16(3)13-26)18-19-25-23-14-27(19)9-8-21-18;/h4-5,8-9,12,14-16H,6-7,10-11,13H2,1-3H3,(H,22,24);1H. The maximum Gasteiger partial charge on any atom is 0.203 e. The zero-order valence-corrected chi connectivity index (χ0v) is 19.9. The second kappa shape index (κ2) is 10.1. The van der Waals surface area contributed by atoms with Crippen LogP contribution in [0.1, 0.15) is 26.5 Å². The minimum Gasteiger partial charge on any atom is -0.469 e. The Labute approximate surface area is 193 Å². The third kappa shape index (κ3) is 5.02. The van der Waals surface area contributed by atoms with Gasteiger partial charge in [-0.1, -0.05) is 0 Å². The third-order valence-corrected chi connectivity index (χ3v) is 5.01. The molecule has 30 heavy (non-hydrogen) atoms. The molecule has 1 aliphatic rings. The number of nitrogens with one attached hydrogen (secondary N) is 1. The maximum atomic E-state index is 5.42. The number of aliphatic imine (C=N–C) groups is 1. The van der Waals surface area contributed by atoms with Crippen LogP contribution in [0.2, 0.25) is 0 Å². The van der Waals surface area contributed by atoms with E-state index in [-0.39, 0.29) is 30.0 Å². The number of nitrogens with zero attached hydrogens (tertiary/aromatic N) is 7. The molecule has 0 amide bonds. The van der Waals surface area contributed by atoms with Crippen LogP contribution >= 0.6 is 24.0 Å². The Morgan fingerprint density at radius 3 is 2.97 bits per heavy atom. The molecule has 0 radical (unpaired) electrons. The number of rotatable bonds is 5. The zero-order chi connectivity index (χ0) is 20.2. The van der Waals surface area contributed by atoms with Gasteiger partial charge in [-0.05, 0) is 32.9 Å².